The van der Waals surface area contributed by atoms with Gasteiger partial charge < -0.3 is 14.9 Å². The van der Waals surface area contributed by atoms with Crippen LogP contribution in [-0.2, 0) is 34.2 Å². The summed E-state index contributed by atoms with van der Waals surface area (Å²) in [4.78, 5) is 0. The van der Waals surface area contributed by atoms with Crippen molar-refractivity contribution in [3.05, 3.63) is 293 Å². The van der Waals surface area contributed by atoms with Crippen LogP contribution in [-0.4, -0.2) is 6.88 Å². The normalized spacial score (nSPS) is 11.5. The van der Waals surface area contributed by atoms with Crippen LogP contribution in [0.25, 0.3) is 152 Å². The predicted octanol–water partition coefficient (Wildman–Crippen LogP) is 25.0. The van der Waals surface area contributed by atoms with Gasteiger partial charge >= 0.3 is 30.2 Å². The van der Waals surface area contributed by atoms with Gasteiger partial charge in [0.05, 0.1) is 0 Å². The molecule has 16 aromatic rings. The third kappa shape index (κ3) is 10.9. The maximum absolute atomic E-state index is 3.06. The molecule has 432 valence electrons. The Morgan fingerprint density at radius 3 is 0.636 bits per heavy atom. The molecule has 2 radical (unpaired) electrons. The molecule has 0 aromatic heterocycles. The monoisotopic (exact) mass is 1270 g/mol. The van der Waals surface area contributed by atoms with Crippen molar-refractivity contribution in [3.63, 3.8) is 0 Å². The van der Waals surface area contributed by atoms with Crippen molar-refractivity contribution in [2.75, 3.05) is 0 Å². The molecule has 0 nitrogen and oxygen atoms in total. The van der Waals surface area contributed by atoms with Gasteiger partial charge in [-0.05, 0) is 144 Å². The molecule has 0 amide bonds. The Bertz CT molecular complexity index is 4420. The van der Waals surface area contributed by atoms with Crippen LogP contribution in [0, 0.1) is 14.9 Å². The quantitative estimate of drug-likeness (QED) is 0.0936. The number of hydrogen-bond donors (Lipinski definition) is 0. The fraction of sp³-hybridized carbons (Fsp3) is 0.0952. The van der Waals surface area contributed by atoms with Gasteiger partial charge in [0.1, 0.15) is 0 Å². The third-order valence-electron chi connectivity index (χ3n) is 17.7. The van der Waals surface area contributed by atoms with Gasteiger partial charge in [0.25, 0.3) is 0 Å². The van der Waals surface area contributed by atoms with Crippen molar-refractivity contribution in [3.8, 4) is 44.5 Å². The van der Waals surface area contributed by atoms with Crippen molar-refractivity contribution < 1.29 is 23.3 Å². The fourth-order valence-corrected chi connectivity index (χ4v) is 13.6. The molecule has 0 unspecified atom stereocenters. The van der Waals surface area contributed by atoms with Gasteiger partial charge in [-0.25, -0.2) is 0 Å². The first-order valence-electron chi connectivity index (χ1n) is 29.3. The van der Waals surface area contributed by atoms with Crippen molar-refractivity contribution in [1.29, 1.82) is 0 Å². The molecular weight excluding hydrogens is 1200 g/mol. The Kier molecular flexibility index (Phi) is 18.1. The molecular formula is C84H70Cl2SiZr-4. The fourth-order valence-electron chi connectivity index (χ4n) is 13.6. The number of fused-ring (bicyclic) bond motifs is 10. The summed E-state index contributed by atoms with van der Waals surface area (Å²) >= 11 is 1.36. The van der Waals surface area contributed by atoms with E-state index in [1.165, 1.54) is 187 Å². The number of halogens is 2. The standard InChI is InChI=1S/2C41H31.2CH3.2ClH.Si.Zr/c2*1-41(2,3)30-24-37-35(39-31-16-8-4-12-26(31)22-27-13-5-9-17-32(27)39)20-21-36(38(37)25-30)40-33-18-10-6-14-28(33)23-29-15-7-11-19-34(29)40;;;;;;/h2*4-25H,1-3H3;2*1H3;2*1H;;/q4*-1;;;;. The first-order chi connectivity index (χ1) is 40.9. The summed E-state index contributed by atoms with van der Waals surface area (Å²) in [7, 11) is 0. The van der Waals surface area contributed by atoms with Crippen LogP contribution in [0.15, 0.2) is 267 Å². The van der Waals surface area contributed by atoms with Crippen LogP contribution in [0.1, 0.15) is 52.7 Å². The van der Waals surface area contributed by atoms with Crippen LogP contribution in [0.3, 0.4) is 0 Å². The first-order valence-corrected chi connectivity index (χ1v) is 33.5. The van der Waals surface area contributed by atoms with E-state index in [1.54, 1.807) is 0 Å². The molecule has 0 atom stereocenters. The second kappa shape index (κ2) is 25.3. The summed E-state index contributed by atoms with van der Waals surface area (Å²) in [6.45, 7) is 17.0. The second-order valence-corrected chi connectivity index (χ2v) is 24.7. The Morgan fingerprint density at radius 2 is 0.432 bits per heavy atom. The molecule has 0 aliphatic carbocycles. The molecule has 4 heteroatoms. The van der Waals surface area contributed by atoms with Crippen molar-refractivity contribution in [1.82, 2.24) is 0 Å². The van der Waals surface area contributed by atoms with E-state index in [4.69, 9.17) is 0 Å². The molecule has 16 rings (SSSR count). The minimum absolute atomic E-state index is 0. The molecule has 0 saturated carbocycles. The summed E-state index contributed by atoms with van der Waals surface area (Å²) in [5, 5.41) is 25.9. The van der Waals surface area contributed by atoms with E-state index in [0.717, 1.165) is 0 Å². The number of rotatable bonds is 4. The molecule has 0 aliphatic rings. The predicted molar refractivity (Wildman–Crippen MR) is 391 cm³/mol. The average Bonchev–Trinajstić information content (AvgIpc) is 1.41. The van der Waals surface area contributed by atoms with Gasteiger partial charge in [-0.2, -0.15) is 12.1 Å². The summed E-state index contributed by atoms with van der Waals surface area (Å²) in [5.74, 6) is 0. The zero-order valence-electron chi connectivity index (χ0n) is 51.2. The van der Waals surface area contributed by atoms with Crippen molar-refractivity contribution in [2.24, 2.45) is 0 Å². The van der Waals surface area contributed by atoms with Gasteiger partial charge in [-0.15, -0.1) is 69.6 Å². The van der Waals surface area contributed by atoms with E-state index in [2.05, 4.69) is 315 Å². The maximum atomic E-state index is 3.06. The molecule has 0 N–H and O–H groups in total. The second-order valence-electron chi connectivity index (χ2n) is 24.7. The van der Waals surface area contributed by atoms with Crippen LogP contribution in [0.2, 0.25) is 0 Å². The van der Waals surface area contributed by atoms with E-state index in [-0.39, 0.29) is 50.5 Å². The molecule has 16 aromatic carbocycles. The summed E-state index contributed by atoms with van der Waals surface area (Å²) in [6.07, 6.45) is 0. The number of hydrogen-bond acceptors (Lipinski definition) is 0. The molecule has 0 saturated heterocycles. The van der Waals surface area contributed by atoms with E-state index in [0.29, 0.717) is 0 Å². The topological polar surface area (TPSA) is 0 Å². The summed E-state index contributed by atoms with van der Waals surface area (Å²) in [6, 6.07) is 99.3. The van der Waals surface area contributed by atoms with Crippen molar-refractivity contribution in [2.45, 2.75) is 52.4 Å². The Balaban J connectivity index is 0.000000181. The van der Waals surface area contributed by atoms with Gasteiger partial charge in [-0.1, -0.05) is 282 Å². The summed E-state index contributed by atoms with van der Waals surface area (Å²) < 4.78 is 0. The molecule has 0 aliphatic heterocycles. The van der Waals surface area contributed by atoms with E-state index in [1.807, 2.05) is 0 Å². The van der Waals surface area contributed by atoms with Gasteiger partial charge in [0.2, 0.25) is 0 Å². The molecule has 0 spiro atoms. The Hall–Kier alpha value is -7.94. The van der Waals surface area contributed by atoms with E-state index < -0.39 is 0 Å². The minimum atomic E-state index is 0. The van der Waals surface area contributed by atoms with Gasteiger partial charge in [-0.3, -0.25) is 0 Å². The van der Waals surface area contributed by atoms with Crippen LogP contribution in [0.4, 0.5) is 0 Å². The average molecular weight is 1270 g/mol. The Morgan fingerprint density at radius 1 is 0.250 bits per heavy atom. The SMILES string of the molecule is CC(C)(C)c1cc2c(-c3c4ccccc4cc4ccccc34)ccc(-c3c4ccccc4cc4ccccc34)c2[cH-]1.CC(C)(C)c1cc2c(-c3c4ccccc4cc4ccccc34)ccc(-c3c4ccccc4cc4ccccc34)c2[cH-]1.Cl.Cl.[CH3-].[CH3-].[Si]=[Zr]. The number of benzene rings is 14. The molecule has 0 fully saturated rings. The van der Waals surface area contributed by atoms with Gasteiger partial charge in [0.15, 0.2) is 0 Å². The van der Waals surface area contributed by atoms with Gasteiger partial charge in [0, 0.05) is 0 Å². The van der Waals surface area contributed by atoms with Crippen LogP contribution in [0.5, 0.6) is 0 Å². The molecule has 88 heavy (non-hydrogen) atoms. The first kappa shape index (κ1) is 63.1. The third-order valence-corrected chi connectivity index (χ3v) is 17.7. The zero-order chi connectivity index (χ0) is 57.4. The van der Waals surface area contributed by atoms with Crippen LogP contribution >= 0.6 is 24.8 Å². The van der Waals surface area contributed by atoms with E-state index in [9.17, 15) is 0 Å². The molecule has 0 heterocycles. The van der Waals surface area contributed by atoms with Crippen molar-refractivity contribution >= 4 is 139 Å². The zero-order valence-corrected chi connectivity index (χ0v) is 56.3. The van der Waals surface area contributed by atoms with Crippen LogP contribution < -0.4 is 0 Å². The Labute approximate surface area is 548 Å². The van der Waals surface area contributed by atoms with E-state index >= 15 is 0 Å². The molecule has 0 bridgehead atoms. The summed E-state index contributed by atoms with van der Waals surface area (Å²) in [5.41, 5.74) is 13.3.